The molecule has 0 radical (unpaired) electrons. The van der Waals surface area contributed by atoms with Crippen LogP contribution in [0.3, 0.4) is 0 Å². The van der Waals surface area contributed by atoms with Crippen LogP contribution in [0.5, 0.6) is 0 Å². The fourth-order valence-corrected chi connectivity index (χ4v) is 0. The van der Waals surface area contributed by atoms with Crippen molar-refractivity contribution < 1.29 is 19.4 Å². The SMILES string of the molecule is CS(N)(=O)=O.Cl.Cl.O.O. The van der Waals surface area contributed by atoms with Gasteiger partial charge in [0.2, 0.25) is 10.0 Å². The summed E-state index contributed by atoms with van der Waals surface area (Å²) in [6.07, 6.45) is 0.938. The van der Waals surface area contributed by atoms with Crippen molar-refractivity contribution in [3.8, 4) is 0 Å². The molecule has 0 heterocycles. The van der Waals surface area contributed by atoms with Gasteiger partial charge in [0, 0.05) is 0 Å². The molecular formula is CH11Cl2NO4S. The zero-order valence-corrected chi connectivity index (χ0v) is 7.07. The van der Waals surface area contributed by atoms with Gasteiger partial charge < -0.3 is 11.0 Å². The lowest BCUT2D eigenvalue weighted by Crippen LogP contribution is -2.07. The topological polar surface area (TPSA) is 123 Å². The molecule has 64 valence electrons. The largest absolute Gasteiger partial charge is 0.412 e. The van der Waals surface area contributed by atoms with Gasteiger partial charge in [-0.3, -0.25) is 0 Å². The fraction of sp³-hybridized carbons (Fsp3) is 1.00. The molecule has 0 aromatic heterocycles. The van der Waals surface area contributed by atoms with Crippen LogP contribution in [0.25, 0.3) is 0 Å². The van der Waals surface area contributed by atoms with E-state index in [0.717, 1.165) is 6.26 Å². The van der Waals surface area contributed by atoms with E-state index in [-0.39, 0.29) is 35.8 Å². The minimum absolute atomic E-state index is 0. The maximum atomic E-state index is 9.41. The molecule has 0 bridgehead atoms. The van der Waals surface area contributed by atoms with Crippen LogP contribution < -0.4 is 5.14 Å². The van der Waals surface area contributed by atoms with E-state index in [1.807, 2.05) is 0 Å². The lowest BCUT2D eigenvalue weighted by Gasteiger charge is -1.71. The zero-order valence-electron chi connectivity index (χ0n) is 4.62. The molecule has 5 nitrogen and oxygen atoms in total. The molecule has 6 N–H and O–H groups in total. The molecule has 0 amide bonds. The quantitative estimate of drug-likeness (QED) is 0.495. The molecule has 0 rings (SSSR count). The summed E-state index contributed by atoms with van der Waals surface area (Å²) in [4.78, 5) is 0. The third kappa shape index (κ3) is 2060. The molecule has 0 atom stereocenters. The Hall–Kier alpha value is 0.410. The van der Waals surface area contributed by atoms with Crippen LogP contribution in [0.15, 0.2) is 0 Å². The van der Waals surface area contributed by atoms with Crippen molar-refractivity contribution in [2.45, 2.75) is 0 Å². The molecule has 0 spiro atoms. The second kappa shape index (κ2) is 11.2. The molecule has 0 aliphatic heterocycles. The van der Waals surface area contributed by atoms with Crippen LogP contribution >= 0.6 is 24.8 Å². The molecule has 0 aromatic carbocycles. The highest BCUT2D eigenvalue weighted by Crippen LogP contribution is 1.52. The number of hydrogen-bond acceptors (Lipinski definition) is 2. The predicted molar refractivity (Wildman–Crippen MR) is 40.8 cm³/mol. The van der Waals surface area contributed by atoms with Gasteiger partial charge in [0.1, 0.15) is 0 Å². The van der Waals surface area contributed by atoms with Gasteiger partial charge in [-0.2, -0.15) is 0 Å². The van der Waals surface area contributed by atoms with E-state index in [4.69, 9.17) is 0 Å². The fourth-order valence-electron chi connectivity index (χ4n) is 0. The molecule has 0 unspecified atom stereocenters. The van der Waals surface area contributed by atoms with Gasteiger partial charge >= 0.3 is 0 Å². The van der Waals surface area contributed by atoms with E-state index < -0.39 is 10.0 Å². The summed E-state index contributed by atoms with van der Waals surface area (Å²) >= 11 is 0. The molecule has 0 saturated carbocycles. The van der Waals surface area contributed by atoms with E-state index in [0.29, 0.717) is 0 Å². The first-order valence-corrected chi connectivity index (χ1v) is 2.93. The van der Waals surface area contributed by atoms with Crippen molar-refractivity contribution >= 4 is 34.8 Å². The molecule has 0 aliphatic carbocycles. The van der Waals surface area contributed by atoms with Crippen molar-refractivity contribution in [3.05, 3.63) is 0 Å². The smallest absolute Gasteiger partial charge is 0.206 e. The minimum atomic E-state index is -3.17. The summed E-state index contributed by atoms with van der Waals surface area (Å²) in [6, 6.07) is 0. The first kappa shape index (κ1) is 34.2. The van der Waals surface area contributed by atoms with Crippen molar-refractivity contribution in [1.29, 1.82) is 0 Å². The van der Waals surface area contributed by atoms with Crippen LogP contribution in [0.2, 0.25) is 0 Å². The van der Waals surface area contributed by atoms with Crippen LogP contribution in [-0.4, -0.2) is 25.6 Å². The van der Waals surface area contributed by atoms with E-state index in [9.17, 15) is 8.42 Å². The third-order valence-electron chi connectivity index (χ3n) is 0. The van der Waals surface area contributed by atoms with Gasteiger partial charge in [-0.15, -0.1) is 24.8 Å². The summed E-state index contributed by atoms with van der Waals surface area (Å²) in [7, 11) is -3.17. The van der Waals surface area contributed by atoms with E-state index >= 15 is 0 Å². The highest BCUT2D eigenvalue weighted by molar-refractivity contribution is 7.88. The zero-order chi connectivity index (χ0) is 4.50. The predicted octanol–water partition coefficient (Wildman–Crippen LogP) is -1.90. The average molecular weight is 204 g/mol. The second-order valence-electron chi connectivity index (χ2n) is 0.830. The first-order chi connectivity index (χ1) is 2.00. The Morgan fingerprint density at radius 1 is 1.11 bits per heavy atom. The molecular weight excluding hydrogens is 193 g/mol. The maximum absolute atomic E-state index is 9.41. The lowest BCUT2D eigenvalue weighted by molar-refractivity contribution is 0.603. The van der Waals surface area contributed by atoms with Gasteiger partial charge in [-0.05, 0) is 0 Å². The number of primary sulfonamides is 1. The highest BCUT2D eigenvalue weighted by atomic mass is 35.5. The summed E-state index contributed by atoms with van der Waals surface area (Å²) in [6.45, 7) is 0. The van der Waals surface area contributed by atoms with Crippen molar-refractivity contribution in [2.24, 2.45) is 5.14 Å². The summed E-state index contributed by atoms with van der Waals surface area (Å²) in [5.74, 6) is 0. The number of hydrogen-bond donors (Lipinski definition) is 1. The Morgan fingerprint density at radius 2 is 1.11 bits per heavy atom. The lowest BCUT2D eigenvalue weighted by atomic mass is 12.0. The highest BCUT2D eigenvalue weighted by Gasteiger charge is 1.78. The first-order valence-electron chi connectivity index (χ1n) is 0.977. The van der Waals surface area contributed by atoms with E-state index in [2.05, 4.69) is 5.14 Å². The summed E-state index contributed by atoms with van der Waals surface area (Å²) in [5, 5.41) is 4.33. The molecule has 0 aliphatic rings. The van der Waals surface area contributed by atoms with Gasteiger partial charge in [-0.25, -0.2) is 13.6 Å². The van der Waals surface area contributed by atoms with E-state index in [1.165, 1.54) is 0 Å². The molecule has 0 aromatic rings. The number of sulfonamides is 1. The van der Waals surface area contributed by atoms with Gasteiger partial charge in [0.05, 0.1) is 6.26 Å². The standard InChI is InChI=1S/CH5NO2S.2ClH.2H2O/c1-5(2,3)4;;;;/h1H3,(H2,2,3,4);2*1H;2*1H2. The molecule has 0 saturated heterocycles. The van der Waals surface area contributed by atoms with Gasteiger partial charge in [-0.1, -0.05) is 0 Å². The molecule has 8 heteroatoms. The molecule has 0 fully saturated rings. The summed E-state index contributed by atoms with van der Waals surface area (Å²) in [5.41, 5.74) is 0. The average Bonchev–Trinajstić information content (AvgIpc) is 0.722. The Bertz CT molecular complexity index is 102. The van der Waals surface area contributed by atoms with Crippen LogP contribution in [0.1, 0.15) is 0 Å². The number of halogens is 2. The number of rotatable bonds is 0. The Morgan fingerprint density at radius 3 is 1.11 bits per heavy atom. The monoisotopic (exact) mass is 203 g/mol. The van der Waals surface area contributed by atoms with Crippen LogP contribution in [0, 0.1) is 0 Å². The van der Waals surface area contributed by atoms with Crippen LogP contribution in [0.4, 0.5) is 0 Å². The van der Waals surface area contributed by atoms with Crippen molar-refractivity contribution in [2.75, 3.05) is 6.26 Å². The third-order valence-corrected chi connectivity index (χ3v) is 0. The van der Waals surface area contributed by atoms with Crippen molar-refractivity contribution in [3.63, 3.8) is 0 Å². The second-order valence-corrected chi connectivity index (χ2v) is 2.49. The van der Waals surface area contributed by atoms with Gasteiger partial charge in [0.15, 0.2) is 0 Å². The Balaban J connectivity index is -0.0000000133. The normalized spacial score (nSPS) is 6.44. The van der Waals surface area contributed by atoms with Crippen molar-refractivity contribution in [1.82, 2.24) is 0 Å². The summed E-state index contributed by atoms with van der Waals surface area (Å²) < 4.78 is 18.8. The van der Waals surface area contributed by atoms with Crippen LogP contribution in [-0.2, 0) is 10.0 Å². The number of nitrogens with two attached hydrogens (primary N) is 1. The molecule has 9 heavy (non-hydrogen) atoms. The van der Waals surface area contributed by atoms with Gasteiger partial charge in [0.25, 0.3) is 0 Å². The Labute approximate surface area is 66.1 Å². The minimum Gasteiger partial charge on any atom is -0.412 e. The Kier molecular flexibility index (Phi) is 42.7. The maximum Gasteiger partial charge on any atom is 0.206 e. The van der Waals surface area contributed by atoms with E-state index in [1.54, 1.807) is 0 Å².